The molecule has 1 N–H and O–H groups in total. The van der Waals surface area contributed by atoms with Crippen molar-refractivity contribution in [3.63, 3.8) is 0 Å². The van der Waals surface area contributed by atoms with Crippen molar-refractivity contribution in [2.75, 3.05) is 0 Å². The van der Waals surface area contributed by atoms with Gasteiger partial charge in [-0.05, 0) is 18.2 Å². The number of urea groups is 1. The van der Waals surface area contributed by atoms with Crippen molar-refractivity contribution >= 4 is 17.8 Å². The number of aliphatic imine (C=N–C) groups is 1. The minimum atomic E-state index is -1.27. The molecule has 82 valence electrons. The van der Waals surface area contributed by atoms with Gasteiger partial charge in [-0.15, -0.1) is 6.58 Å². The first-order valence-corrected chi connectivity index (χ1v) is 4.67. The van der Waals surface area contributed by atoms with E-state index in [1.165, 1.54) is 6.08 Å². The highest BCUT2D eigenvalue weighted by Crippen LogP contribution is 2.34. The molecule has 1 heterocycles. The summed E-state index contributed by atoms with van der Waals surface area (Å²) < 4.78 is 0. The second-order valence-electron chi connectivity index (χ2n) is 3.80. The standard InChI is InChI=1S/C10H14N2O3/c1-4-5-10(6(2)3)7(13)11-9(15)12-8(10)14/h4,6H,1,5H2,2-3H3,(H2,11,12,13,14,15)/p-1. The number of nitrogens with zero attached hydrogens (tertiary/aromatic N) is 1. The highest BCUT2D eigenvalue weighted by molar-refractivity contribution is 6.16. The summed E-state index contributed by atoms with van der Waals surface area (Å²) in [5.41, 5.74) is -1.27. The van der Waals surface area contributed by atoms with Gasteiger partial charge in [-0.2, -0.15) is 0 Å². The third kappa shape index (κ3) is 1.65. The molecular formula is C10H13N2O3-. The number of nitrogens with one attached hydrogen (secondary N) is 1. The maximum Gasteiger partial charge on any atom is 0.346 e. The van der Waals surface area contributed by atoms with Gasteiger partial charge in [0.15, 0.2) is 0 Å². The third-order valence-electron chi connectivity index (χ3n) is 2.66. The Balaban J connectivity index is 3.26. The van der Waals surface area contributed by atoms with Crippen LogP contribution in [0.25, 0.3) is 0 Å². The number of carbonyl (C=O) groups is 2. The molecule has 1 unspecified atom stereocenters. The summed E-state index contributed by atoms with van der Waals surface area (Å²) in [5.74, 6) is -1.49. The maximum atomic E-state index is 11.7. The molecule has 0 spiro atoms. The summed E-state index contributed by atoms with van der Waals surface area (Å²) in [5, 5.41) is 13.7. The van der Waals surface area contributed by atoms with Crippen LogP contribution in [0.5, 0.6) is 0 Å². The van der Waals surface area contributed by atoms with E-state index < -0.39 is 23.3 Å². The van der Waals surface area contributed by atoms with E-state index in [0.29, 0.717) is 0 Å². The van der Waals surface area contributed by atoms with Gasteiger partial charge in [-0.1, -0.05) is 19.9 Å². The third-order valence-corrected chi connectivity index (χ3v) is 2.66. The quantitative estimate of drug-likeness (QED) is 0.675. The maximum absolute atomic E-state index is 11.7. The van der Waals surface area contributed by atoms with Gasteiger partial charge in [0, 0.05) is 0 Å². The Labute approximate surface area is 87.9 Å². The Morgan fingerprint density at radius 1 is 1.60 bits per heavy atom. The van der Waals surface area contributed by atoms with Gasteiger partial charge in [0.2, 0.25) is 5.91 Å². The molecule has 3 amide bonds. The van der Waals surface area contributed by atoms with E-state index in [-0.39, 0.29) is 12.3 Å². The van der Waals surface area contributed by atoms with Crippen molar-refractivity contribution in [1.29, 1.82) is 0 Å². The summed E-state index contributed by atoms with van der Waals surface area (Å²) >= 11 is 0. The molecule has 1 aliphatic rings. The largest absolute Gasteiger partial charge is 0.861 e. The zero-order valence-corrected chi connectivity index (χ0v) is 8.74. The second-order valence-corrected chi connectivity index (χ2v) is 3.80. The predicted molar refractivity (Wildman–Crippen MR) is 53.1 cm³/mol. The molecule has 0 fully saturated rings. The lowest BCUT2D eigenvalue weighted by Crippen LogP contribution is -2.58. The Bertz CT molecular complexity index is 347. The Kier molecular flexibility index (Phi) is 2.93. The zero-order chi connectivity index (χ0) is 11.6. The molecule has 0 aromatic rings. The fourth-order valence-electron chi connectivity index (χ4n) is 1.68. The molecule has 0 aromatic carbocycles. The van der Waals surface area contributed by atoms with Crippen molar-refractivity contribution in [3.05, 3.63) is 12.7 Å². The van der Waals surface area contributed by atoms with E-state index in [4.69, 9.17) is 0 Å². The molecular weight excluding hydrogens is 196 g/mol. The van der Waals surface area contributed by atoms with Gasteiger partial charge < -0.3 is 5.11 Å². The SMILES string of the molecule is C=CCC1(C(C)C)C(=O)NC(=O)N=C1[O-]. The van der Waals surface area contributed by atoms with Crippen LogP contribution in [0.15, 0.2) is 17.6 Å². The number of rotatable bonds is 3. The highest BCUT2D eigenvalue weighted by Gasteiger charge is 2.44. The van der Waals surface area contributed by atoms with Crippen LogP contribution in [0.2, 0.25) is 0 Å². The minimum absolute atomic E-state index is 0.187. The van der Waals surface area contributed by atoms with E-state index in [0.717, 1.165) is 0 Å². The molecule has 15 heavy (non-hydrogen) atoms. The highest BCUT2D eigenvalue weighted by atomic mass is 16.3. The van der Waals surface area contributed by atoms with Crippen LogP contribution < -0.4 is 10.4 Å². The van der Waals surface area contributed by atoms with E-state index in [1.807, 2.05) is 0 Å². The first-order valence-electron chi connectivity index (χ1n) is 4.67. The fourth-order valence-corrected chi connectivity index (χ4v) is 1.68. The van der Waals surface area contributed by atoms with Crippen molar-refractivity contribution < 1.29 is 14.7 Å². The first-order chi connectivity index (χ1) is 6.95. The number of amides is 3. The molecule has 0 radical (unpaired) electrons. The second kappa shape index (κ2) is 3.84. The Hall–Kier alpha value is -1.65. The summed E-state index contributed by atoms with van der Waals surface area (Å²) in [4.78, 5) is 25.8. The van der Waals surface area contributed by atoms with Crippen LogP contribution in [-0.4, -0.2) is 17.8 Å². The van der Waals surface area contributed by atoms with Crippen molar-refractivity contribution in [2.24, 2.45) is 16.3 Å². The molecule has 0 saturated heterocycles. The van der Waals surface area contributed by atoms with Gasteiger partial charge in [0.1, 0.15) is 0 Å². The minimum Gasteiger partial charge on any atom is -0.861 e. The van der Waals surface area contributed by atoms with E-state index in [2.05, 4.69) is 16.9 Å². The van der Waals surface area contributed by atoms with Gasteiger partial charge in [0.25, 0.3) is 0 Å². The van der Waals surface area contributed by atoms with Crippen LogP contribution in [0.3, 0.4) is 0 Å². The van der Waals surface area contributed by atoms with Crippen molar-refractivity contribution in [1.82, 2.24) is 5.32 Å². The topological polar surface area (TPSA) is 81.6 Å². The van der Waals surface area contributed by atoms with E-state index in [9.17, 15) is 14.7 Å². The lowest BCUT2D eigenvalue weighted by Gasteiger charge is -2.41. The van der Waals surface area contributed by atoms with Gasteiger partial charge in [-0.3, -0.25) is 10.1 Å². The normalized spacial score (nSPS) is 26.2. The number of imide groups is 1. The summed E-state index contributed by atoms with van der Waals surface area (Å²) in [7, 11) is 0. The monoisotopic (exact) mass is 209 g/mol. The number of carbonyl (C=O) groups excluding carboxylic acids is 2. The number of allylic oxidation sites excluding steroid dienone is 1. The molecule has 0 aliphatic carbocycles. The summed E-state index contributed by atoms with van der Waals surface area (Å²) in [6, 6.07) is -0.884. The fraction of sp³-hybridized carbons (Fsp3) is 0.500. The molecule has 1 rings (SSSR count). The number of hydrogen-bond acceptors (Lipinski definition) is 3. The molecule has 5 nitrogen and oxygen atoms in total. The Morgan fingerprint density at radius 2 is 2.20 bits per heavy atom. The average molecular weight is 209 g/mol. The predicted octanol–water partition coefficient (Wildman–Crippen LogP) is 0.214. The van der Waals surface area contributed by atoms with Gasteiger partial charge >= 0.3 is 6.03 Å². The summed E-state index contributed by atoms with van der Waals surface area (Å²) in [6.45, 7) is 7.00. The zero-order valence-electron chi connectivity index (χ0n) is 8.74. The van der Waals surface area contributed by atoms with Crippen LogP contribution in [-0.2, 0) is 4.79 Å². The number of hydrogen-bond donors (Lipinski definition) is 1. The van der Waals surface area contributed by atoms with Crippen LogP contribution in [0, 0.1) is 11.3 Å². The van der Waals surface area contributed by atoms with Gasteiger partial charge in [-0.25, -0.2) is 9.79 Å². The molecule has 1 atom stereocenters. The van der Waals surface area contributed by atoms with Gasteiger partial charge in [0.05, 0.1) is 5.41 Å². The van der Waals surface area contributed by atoms with Crippen LogP contribution >= 0.6 is 0 Å². The van der Waals surface area contributed by atoms with Crippen molar-refractivity contribution in [2.45, 2.75) is 20.3 Å². The smallest absolute Gasteiger partial charge is 0.346 e. The first kappa shape index (κ1) is 11.4. The van der Waals surface area contributed by atoms with E-state index >= 15 is 0 Å². The summed E-state index contributed by atoms with van der Waals surface area (Å²) in [6.07, 6.45) is 1.68. The molecule has 0 aromatic heterocycles. The lowest BCUT2D eigenvalue weighted by atomic mass is 9.72. The Morgan fingerprint density at radius 3 is 2.60 bits per heavy atom. The van der Waals surface area contributed by atoms with Crippen molar-refractivity contribution in [3.8, 4) is 0 Å². The molecule has 1 aliphatic heterocycles. The average Bonchev–Trinajstić information content (AvgIpc) is 2.10. The molecule has 0 saturated carbocycles. The molecule has 0 bridgehead atoms. The van der Waals surface area contributed by atoms with E-state index in [1.54, 1.807) is 13.8 Å². The van der Waals surface area contributed by atoms with Crippen LogP contribution in [0.4, 0.5) is 4.79 Å². The van der Waals surface area contributed by atoms with Crippen LogP contribution in [0.1, 0.15) is 20.3 Å². The lowest BCUT2D eigenvalue weighted by molar-refractivity contribution is -0.233. The molecule has 5 heteroatoms.